The number of oxazole rings is 1. The number of aryl methyl sites for hydroxylation is 1. The van der Waals surface area contributed by atoms with E-state index in [1.54, 1.807) is 12.4 Å². The van der Waals surface area contributed by atoms with Crippen molar-refractivity contribution in [2.45, 2.75) is 26.3 Å². The van der Waals surface area contributed by atoms with Crippen molar-refractivity contribution in [3.05, 3.63) is 66.0 Å². The van der Waals surface area contributed by atoms with Crippen LogP contribution in [0.3, 0.4) is 0 Å². The predicted molar refractivity (Wildman–Crippen MR) is 117 cm³/mol. The van der Waals surface area contributed by atoms with Crippen molar-refractivity contribution >= 4 is 23.0 Å². The zero-order valence-corrected chi connectivity index (χ0v) is 17.6. The average Bonchev–Trinajstić information content (AvgIpc) is 3.41. The number of anilines is 1. The Kier molecular flexibility index (Phi) is 4.89. The number of aromatic nitrogens is 4. The lowest BCUT2D eigenvalue weighted by atomic mass is 10.1. The number of para-hydroxylation sites is 2. The molecule has 1 atom stereocenters. The summed E-state index contributed by atoms with van der Waals surface area (Å²) in [6.07, 6.45) is 4.05. The Bertz CT molecular complexity index is 1180. The van der Waals surface area contributed by atoms with Crippen LogP contribution in [0, 0.1) is 6.92 Å². The SMILES string of the molecule is Cc1ccc(-n2nccn2)c(C(=O)N2CCN(c3nc4ccccc4o3)CCC2C)c1. The highest BCUT2D eigenvalue weighted by Crippen LogP contribution is 2.25. The molecule has 3 heterocycles. The third kappa shape index (κ3) is 3.65. The van der Waals surface area contributed by atoms with Crippen molar-refractivity contribution in [3.8, 4) is 5.69 Å². The second-order valence-corrected chi connectivity index (χ2v) is 7.93. The van der Waals surface area contributed by atoms with Gasteiger partial charge in [0.1, 0.15) is 5.52 Å². The number of amides is 1. The van der Waals surface area contributed by atoms with Crippen LogP contribution in [0.4, 0.5) is 6.01 Å². The van der Waals surface area contributed by atoms with Gasteiger partial charge in [-0.2, -0.15) is 20.0 Å². The van der Waals surface area contributed by atoms with Gasteiger partial charge in [-0.3, -0.25) is 4.79 Å². The van der Waals surface area contributed by atoms with E-state index in [0.717, 1.165) is 29.6 Å². The molecule has 0 N–H and O–H groups in total. The number of carbonyl (C=O) groups excluding carboxylic acids is 1. The highest BCUT2D eigenvalue weighted by molar-refractivity contribution is 5.98. The molecular formula is C23H24N6O2. The summed E-state index contributed by atoms with van der Waals surface area (Å²) in [4.78, 5) is 23.8. The van der Waals surface area contributed by atoms with Crippen LogP contribution in [0.1, 0.15) is 29.3 Å². The van der Waals surface area contributed by atoms with Gasteiger partial charge in [0.05, 0.1) is 23.6 Å². The first-order valence-electron chi connectivity index (χ1n) is 10.5. The van der Waals surface area contributed by atoms with Gasteiger partial charge in [-0.1, -0.05) is 23.8 Å². The number of fused-ring (bicyclic) bond motifs is 1. The first-order valence-corrected chi connectivity index (χ1v) is 10.5. The van der Waals surface area contributed by atoms with Gasteiger partial charge in [0.25, 0.3) is 11.9 Å². The van der Waals surface area contributed by atoms with Gasteiger partial charge in [-0.25, -0.2) is 0 Å². The molecule has 0 radical (unpaired) electrons. The van der Waals surface area contributed by atoms with Crippen LogP contribution in [0.5, 0.6) is 0 Å². The molecule has 2 aromatic heterocycles. The molecule has 1 aliphatic heterocycles. The smallest absolute Gasteiger partial charge is 0.298 e. The van der Waals surface area contributed by atoms with Crippen LogP contribution in [0.2, 0.25) is 0 Å². The summed E-state index contributed by atoms with van der Waals surface area (Å²) in [7, 11) is 0. The normalized spacial score (nSPS) is 17.2. The number of hydrogen-bond acceptors (Lipinski definition) is 6. The van der Waals surface area contributed by atoms with E-state index in [1.807, 2.05) is 54.3 Å². The number of nitrogens with zero attached hydrogens (tertiary/aromatic N) is 6. The summed E-state index contributed by atoms with van der Waals surface area (Å²) in [5.41, 5.74) is 3.94. The number of benzene rings is 2. The molecule has 4 aromatic rings. The van der Waals surface area contributed by atoms with Crippen molar-refractivity contribution in [1.82, 2.24) is 24.9 Å². The van der Waals surface area contributed by atoms with Gasteiger partial charge in [0, 0.05) is 25.7 Å². The minimum Gasteiger partial charge on any atom is -0.423 e. The summed E-state index contributed by atoms with van der Waals surface area (Å²) >= 11 is 0. The quantitative estimate of drug-likeness (QED) is 0.509. The predicted octanol–water partition coefficient (Wildman–Crippen LogP) is 3.46. The molecule has 1 saturated heterocycles. The highest BCUT2D eigenvalue weighted by atomic mass is 16.4. The zero-order valence-electron chi connectivity index (χ0n) is 17.6. The molecule has 0 saturated carbocycles. The van der Waals surface area contributed by atoms with Crippen molar-refractivity contribution in [1.29, 1.82) is 0 Å². The Hall–Kier alpha value is -3.68. The van der Waals surface area contributed by atoms with E-state index in [1.165, 1.54) is 4.80 Å². The molecule has 0 aliphatic carbocycles. The Morgan fingerprint density at radius 1 is 1.06 bits per heavy atom. The van der Waals surface area contributed by atoms with Gasteiger partial charge in [-0.15, -0.1) is 0 Å². The van der Waals surface area contributed by atoms with Crippen LogP contribution in [0.25, 0.3) is 16.8 Å². The molecule has 1 aliphatic rings. The molecule has 0 spiro atoms. The molecule has 158 valence electrons. The van der Waals surface area contributed by atoms with Crippen molar-refractivity contribution in [2.24, 2.45) is 0 Å². The lowest BCUT2D eigenvalue weighted by Crippen LogP contribution is -2.40. The second-order valence-electron chi connectivity index (χ2n) is 7.93. The standard InChI is InChI=1S/C23H24N6O2/c1-16-7-8-20(29-24-10-11-25-29)18(15-16)22(30)28-14-13-27(12-9-17(28)2)23-26-19-5-3-4-6-21(19)31-23/h3-8,10-11,15,17H,9,12-14H2,1-2H3. The lowest BCUT2D eigenvalue weighted by Gasteiger charge is -2.27. The maximum absolute atomic E-state index is 13.6. The average molecular weight is 416 g/mol. The fourth-order valence-electron chi connectivity index (χ4n) is 4.04. The van der Waals surface area contributed by atoms with E-state index < -0.39 is 0 Å². The molecule has 1 unspecified atom stereocenters. The Morgan fingerprint density at radius 3 is 2.68 bits per heavy atom. The van der Waals surface area contributed by atoms with Crippen LogP contribution in [0.15, 0.2) is 59.3 Å². The van der Waals surface area contributed by atoms with E-state index >= 15 is 0 Å². The van der Waals surface area contributed by atoms with Crippen LogP contribution < -0.4 is 4.90 Å². The zero-order chi connectivity index (χ0) is 21.4. The second kappa shape index (κ2) is 7.86. The van der Waals surface area contributed by atoms with Crippen molar-refractivity contribution in [3.63, 3.8) is 0 Å². The largest absolute Gasteiger partial charge is 0.423 e. The van der Waals surface area contributed by atoms with E-state index in [-0.39, 0.29) is 11.9 Å². The van der Waals surface area contributed by atoms with Crippen LogP contribution in [-0.2, 0) is 0 Å². The first-order chi connectivity index (χ1) is 15.1. The summed E-state index contributed by atoms with van der Waals surface area (Å²) < 4.78 is 5.95. The number of rotatable bonds is 3. The molecule has 5 rings (SSSR count). The Balaban J connectivity index is 1.41. The van der Waals surface area contributed by atoms with E-state index in [2.05, 4.69) is 27.0 Å². The van der Waals surface area contributed by atoms with Gasteiger partial charge >= 0.3 is 0 Å². The molecule has 8 heteroatoms. The fourth-order valence-corrected chi connectivity index (χ4v) is 4.04. The molecule has 1 fully saturated rings. The van der Waals surface area contributed by atoms with Gasteiger partial charge in [-0.05, 0) is 44.5 Å². The Labute approximate surface area is 180 Å². The van der Waals surface area contributed by atoms with E-state index in [4.69, 9.17) is 4.42 Å². The molecule has 8 nitrogen and oxygen atoms in total. The monoisotopic (exact) mass is 416 g/mol. The molecule has 31 heavy (non-hydrogen) atoms. The maximum Gasteiger partial charge on any atom is 0.298 e. The van der Waals surface area contributed by atoms with Crippen molar-refractivity contribution in [2.75, 3.05) is 24.5 Å². The molecule has 0 bridgehead atoms. The number of carbonyl (C=O) groups is 1. The van der Waals surface area contributed by atoms with Crippen LogP contribution in [-0.4, -0.2) is 56.5 Å². The molecule has 2 aromatic carbocycles. The van der Waals surface area contributed by atoms with Gasteiger partial charge < -0.3 is 14.2 Å². The fraction of sp³-hybridized carbons (Fsp3) is 0.304. The van der Waals surface area contributed by atoms with Crippen molar-refractivity contribution < 1.29 is 9.21 Å². The van der Waals surface area contributed by atoms with E-state index in [0.29, 0.717) is 30.4 Å². The van der Waals surface area contributed by atoms with Gasteiger partial charge in [0.15, 0.2) is 5.58 Å². The maximum atomic E-state index is 13.6. The van der Waals surface area contributed by atoms with E-state index in [9.17, 15) is 4.79 Å². The third-order valence-corrected chi connectivity index (χ3v) is 5.79. The lowest BCUT2D eigenvalue weighted by molar-refractivity contribution is 0.0704. The third-order valence-electron chi connectivity index (χ3n) is 5.79. The summed E-state index contributed by atoms with van der Waals surface area (Å²) in [5.74, 6) is -0.0112. The summed E-state index contributed by atoms with van der Waals surface area (Å²) in [5, 5.41) is 8.44. The van der Waals surface area contributed by atoms with Crippen LogP contribution >= 0.6 is 0 Å². The minimum absolute atomic E-state index is 0.0112. The molecule has 1 amide bonds. The topological polar surface area (TPSA) is 80.3 Å². The summed E-state index contributed by atoms with van der Waals surface area (Å²) in [6.45, 7) is 6.09. The minimum atomic E-state index is -0.0112. The Morgan fingerprint density at radius 2 is 1.87 bits per heavy atom. The molecular weight excluding hydrogens is 392 g/mol. The summed E-state index contributed by atoms with van der Waals surface area (Å²) in [6, 6.07) is 14.2. The first kappa shape index (κ1) is 19.3. The highest BCUT2D eigenvalue weighted by Gasteiger charge is 2.29. The number of hydrogen-bond donors (Lipinski definition) is 0. The van der Waals surface area contributed by atoms with Gasteiger partial charge in [0.2, 0.25) is 0 Å².